The summed E-state index contributed by atoms with van der Waals surface area (Å²) in [6.07, 6.45) is -4.39. The SMILES string of the molecule is O=C(NCc1cc(Br)cs1)c1ccc(C(F)(F)F)cc1. The lowest BCUT2D eigenvalue weighted by Gasteiger charge is -2.07. The van der Waals surface area contributed by atoms with Crippen molar-refractivity contribution in [3.63, 3.8) is 0 Å². The third kappa shape index (κ3) is 3.83. The maximum absolute atomic E-state index is 12.4. The van der Waals surface area contributed by atoms with Crippen LogP contribution in [0.5, 0.6) is 0 Å². The van der Waals surface area contributed by atoms with E-state index < -0.39 is 17.6 Å². The van der Waals surface area contributed by atoms with Crippen LogP contribution in [0.1, 0.15) is 20.8 Å². The van der Waals surface area contributed by atoms with E-state index in [0.717, 1.165) is 21.5 Å². The van der Waals surface area contributed by atoms with E-state index in [1.165, 1.54) is 23.5 Å². The molecule has 2 rings (SSSR count). The van der Waals surface area contributed by atoms with Crippen LogP contribution in [-0.2, 0) is 12.7 Å². The van der Waals surface area contributed by atoms with Crippen molar-refractivity contribution in [1.29, 1.82) is 0 Å². The Morgan fingerprint density at radius 1 is 1.25 bits per heavy atom. The van der Waals surface area contributed by atoms with E-state index in [-0.39, 0.29) is 5.56 Å². The predicted molar refractivity (Wildman–Crippen MR) is 74.6 cm³/mol. The molecule has 0 bridgehead atoms. The van der Waals surface area contributed by atoms with Crippen molar-refractivity contribution in [2.45, 2.75) is 12.7 Å². The van der Waals surface area contributed by atoms with E-state index in [1.807, 2.05) is 11.4 Å². The summed E-state index contributed by atoms with van der Waals surface area (Å²) >= 11 is 4.78. The highest BCUT2D eigenvalue weighted by molar-refractivity contribution is 9.10. The Morgan fingerprint density at radius 3 is 2.40 bits per heavy atom. The molecule has 0 aliphatic rings. The van der Waals surface area contributed by atoms with Crippen molar-refractivity contribution in [2.75, 3.05) is 0 Å². The molecule has 0 spiro atoms. The molecule has 0 unspecified atom stereocenters. The molecule has 106 valence electrons. The predicted octanol–water partition coefficient (Wildman–Crippen LogP) is 4.46. The van der Waals surface area contributed by atoms with Gasteiger partial charge in [0.1, 0.15) is 0 Å². The lowest BCUT2D eigenvalue weighted by Crippen LogP contribution is -2.22. The summed E-state index contributed by atoms with van der Waals surface area (Å²) in [6, 6.07) is 6.01. The Hall–Kier alpha value is -1.34. The third-order valence-corrected chi connectivity index (χ3v) is 4.22. The average Bonchev–Trinajstić information content (AvgIpc) is 2.81. The van der Waals surface area contributed by atoms with Gasteiger partial charge in [0.15, 0.2) is 0 Å². The van der Waals surface area contributed by atoms with Gasteiger partial charge in [-0.25, -0.2) is 0 Å². The number of amides is 1. The Balaban J connectivity index is 1.99. The van der Waals surface area contributed by atoms with Crippen molar-refractivity contribution in [1.82, 2.24) is 5.32 Å². The zero-order chi connectivity index (χ0) is 14.8. The number of carbonyl (C=O) groups is 1. The Bertz CT molecular complexity index is 607. The number of rotatable bonds is 3. The van der Waals surface area contributed by atoms with Gasteiger partial charge < -0.3 is 5.32 Å². The molecule has 0 fully saturated rings. The van der Waals surface area contributed by atoms with Crippen LogP contribution in [0, 0.1) is 0 Å². The first-order chi connectivity index (χ1) is 9.36. The van der Waals surface area contributed by atoms with Crippen LogP contribution in [0.15, 0.2) is 40.2 Å². The summed E-state index contributed by atoms with van der Waals surface area (Å²) in [4.78, 5) is 12.7. The van der Waals surface area contributed by atoms with Gasteiger partial charge in [-0.15, -0.1) is 11.3 Å². The minimum atomic E-state index is -4.39. The van der Waals surface area contributed by atoms with Gasteiger partial charge in [0.25, 0.3) is 5.91 Å². The van der Waals surface area contributed by atoms with Gasteiger partial charge in [-0.1, -0.05) is 0 Å². The molecule has 7 heteroatoms. The summed E-state index contributed by atoms with van der Waals surface area (Å²) in [5.74, 6) is -0.400. The second kappa shape index (κ2) is 5.97. The minimum absolute atomic E-state index is 0.202. The largest absolute Gasteiger partial charge is 0.416 e. The van der Waals surface area contributed by atoms with Crippen LogP contribution in [-0.4, -0.2) is 5.91 Å². The molecule has 0 aliphatic heterocycles. The van der Waals surface area contributed by atoms with Crippen molar-refractivity contribution >= 4 is 33.2 Å². The van der Waals surface area contributed by atoms with Gasteiger partial charge in [-0.05, 0) is 46.3 Å². The molecular weight excluding hydrogens is 355 g/mol. The molecule has 1 aromatic carbocycles. The van der Waals surface area contributed by atoms with E-state index in [1.54, 1.807) is 0 Å². The highest BCUT2D eigenvalue weighted by Gasteiger charge is 2.30. The number of carbonyl (C=O) groups excluding carboxylic acids is 1. The van der Waals surface area contributed by atoms with E-state index >= 15 is 0 Å². The Labute approximate surface area is 125 Å². The van der Waals surface area contributed by atoms with Crippen LogP contribution in [0.4, 0.5) is 13.2 Å². The summed E-state index contributed by atoms with van der Waals surface area (Å²) in [7, 11) is 0. The maximum Gasteiger partial charge on any atom is 0.416 e. The number of halogens is 4. The number of hydrogen-bond donors (Lipinski definition) is 1. The van der Waals surface area contributed by atoms with E-state index in [4.69, 9.17) is 0 Å². The number of benzene rings is 1. The number of alkyl halides is 3. The maximum atomic E-state index is 12.4. The second-order valence-corrected chi connectivity index (χ2v) is 5.90. The number of nitrogens with one attached hydrogen (secondary N) is 1. The highest BCUT2D eigenvalue weighted by Crippen LogP contribution is 2.29. The van der Waals surface area contributed by atoms with Crippen LogP contribution in [0.3, 0.4) is 0 Å². The van der Waals surface area contributed by atoms with Crippen molar-refractivity contribution in [2.24, 2.45) is 0 Å². The van der Waals surface area contributed by atoms with Crippen molar-refractivity contribution in [3.05, 3.63) is 56.2 Å². The average molecular weight is 364 g/mol. The van der Waals surface area contributed by atoms with Crippen LogP contribution in [0.25, 0.3) is 0 Å². The van der Waals surface area contributed by atoms with E-state index in [0.29, 0.717) is 6.54 Å². The summed E-state index contributed by atoms with van der Waals surface area (Å²) in [5, 5.41) is 4.54. The van der Waals surface area contributed by atoms with Gasteiger partial charge in [0, 0.05) is 20.3 Å². The van der Waals surface area contributed by atoms with Crippen molar-refractivity contribution in [3.8, 4) is 0 Å². The third-order valence-electron chi connectivity index (χ3n) is 2.52. The first-order valence-corrected chi connectivity index (χ1v) is 7.22. The zero-order valence-corrected chi connectivity index (χ0v) is 12.4. The number of hydrogen-bond acceptors (Lipinski definition) is 2. The van der Waals surface area contributed by atoms with Gasteiger partial charge in [0.2, 0.25) is 0 Å². The summed E-state index contributed by atoms with van der Waals surface area (Å²) < 4.78 is 38.1. The highest BCUT2D eigenvalue weighted by atomic mass is 79.9. The topological polar surface area (TPSA) is 29.1 Å². The van der Waals surface area contributed by atoms with Crippen LogP contribution >= 0.6 is 27.3 Å². The molecule has 1 N–H and O–H groups in total. The normalized spacial score (nSPS) is 11.4. The minimum Gasteiger partial charge on any atom is -0.347 e. The zero-order valence-electron chi connectivity index (χ0n) is 10.00. The fraction of sp³-hybridized carbons (Fsp3) is 0.154. The smallest absolute Gasteiger partial charge is 0.347 e. The first kappa shape index (κ1) is 15.1. The molecule has 0 aliphatic carbocycles. The molecule has 0 atom stereocenters. The number of thiophene rings is 1. The molecule has 20 heavy (non-hydrogen) atoms. The van der Waals surface area contributed by atoms with E-state index in [2.05, 4.69) is 21.2 Å². The monoisotopic (exact) mass is 363 g/mol. The van der Waals surface area contributed by atoms with E-state index in [9.17, 15) is 18.0 Å². The summed E-state index contributed by atoms with van der Waals surface area (Å²) in [6.45, 7) is 0.343. The first-order valence-electron chi connectivity index (χ1n) is 5.54. The molecule has 1 amide bonds. The quantitative estimate of drug-likeness (QED) is 0.856. The molecule has 1 aromatic heterocycles. The lowest BCUT2D eigenvalue weighted by molar-refractivity contribution is -0.137. The van der Waals surface area contributed by atoms with Crippen LogP contribution < -0.4 is 5.32 Å². The molecule has 0 radical (unpaired) electrons. The molecular formula is C13H9BrF3NOS. The molecule has 0 saturated heterocycles. The van der Waals surface area contributed by atoms with Gasteiger partial charge in [0.05, 0.1) is 12.1 Å². The fourth-order valence-corrected chi connectivity index (χ4v) is 2.92. The van der Waals surface area contributed by atoms with Gasteiger partial charge >= 0.3 is 6.18 Å². The Morgan fingerprint density at radius 2 is 1.90 bits per heavy atom. The molecule has 0 saturated carbocycles. The molecule has 2 nitrogen and oxygen atoms in total. The van der Waals surface area contributed by atoms with Gasteiger partial charge in [-0.2, -0.15) is 13.2 Å². The van der Waals surface area contributed by atoms with Crippen LogP contribution in [0.2, 0.25) is 0 Å². The second-order valence-electron chi connectivity index (χ2n) is 3.99. The Kier molecular flexibility index (Phi) is 4.49. The van der Waals surface area contributed by atoms with Gasteiger partial charge in [-0.3, -0.25) is 4.79 Å². The lowest BCUT2D eigenvalue weighted by atomic mass is 10.1. The van der Waals surface area contributed by atoms with Crippen molar-refractivity contribution < 1.29 is 18.0 Å². The standard InChI is InChI=1S/C13H9BrF3NOS/c14-10-5-11(20-7-10)6-18-12(19)8-1-3-9(4-2-8)13(15,16)17/h1-5,7H,6H2,(H,18,19). The molecule has 1 heterocycles. The fourth-order valence-electron chi connectivity index (χ4n) is 1.53. The molecule has 2 aromatic rings. The summed E-state index contributed by atoms with van der Waals surface area (Å²) in [5.41, 5.74) is -0.565.